The van der Waals surface area contributed by atoms with Gasteiger partial charge in [0.05, 0.1) is 15.5 Å². The summed E-state index contributed by atoms with van der Waals surface area (Å²) in [5, 5.41) is 1.39. The Morgan fingerprint density at radius 2 is 2.50 bits per heavy atom. The molecular weight excluding hydrogens is 124 g/mol. The Labute approximate surface area is 48.5 Å². The minimum Gasteiger partial charge on any atom is -0.324 e. The van der Waals surface area contributed by atoms with Crippen LogP contribution in [0.2, 0.25) is 0 Å². The van der Waals surface area contributed by atoms with Gasteiger partial charge in [-0.25, -0.2) is 8.99 Å². The van der Waals surface area contributed by atoms with Crippen LogP contribution in [-0.4, -0.2) is 16.0 Å². The first-order valence-electron chi connectivity index (χ1n) is 2.30. The first-order valence-corrected chi connectivity index (χ1v) is 4.09. The molecule has 1 heterocycles. The second-order valence-corrected chi connectivity index (χ2v) is 3.94. The molecule has 0 amide bonds. The van der Waals surface area contributed by atoms with Gasteiger partial charge in [-0.2, -0.15) is 0 Å². The van der Waals surface area contributed by atoms with Crippen LogP contribution >= 0.6 is 0 Å². The van der Waals surface area contributed by atoms with E-state index in [0.717, 1.165) is 0 Å². The molecule has 0 radical (unpaired) electrons. The highest BCUT2D eigenvalue weighted by Crippen LogP contribution is 2.05. The van der Waals surface area contributed by atoms with Crippen molar-refractivity contribution >= 4 is 9.73 Å². The van der Waals surface area contributed by atoms with Gasteiger partial charge < -0.3 is 5.73 Å². The number of nitrogens with two attached hydrogens (primary N) is 1. The van der Waals surface area contributed by atoms with Crippen molar-refractivity contribution in [2.45, 2.75) is 6.04 Å². The molecule has 3 N–H and O–H groups in total. The van der Waals surface area contributed by atoms with E-state index in [2.05, 4.69) is 0 Å². The molecular formula is C4H8N2OS. The summed E-state index contributed by atoms with van der Waals surface area (Å²) in [6.45, 7) is 0. The summed E-state index contributed by atoms with van der Waals surface area (Å²) in [5.41, 5.74) is 5.32. The fourth-order valence-corrected chi connectivity index (χ4v) is 1.87. The van der Waals surface area contributed by atoms with Crippen LogP contribution in [0.5, 0.6) is 0 Å². The highest BCUT2D eigenvalue weighted by atomic mass is 32.2. The normalized spacial score (nSPS) is 45.4. The lowest BCUT2D eigenvalue weighted by Crippen LogP contribution is -2.20. The van der Waals surface area contributed by atoms with Crippen molar-refractivity contribution < 1.29 is 4.21 Å². The van der Waals surface area contributed by atoms with Crippen LogP contribution in [0.3, 0.4) is 0 Å². The summed E-state index contributed by atoms with van der Waals surface area (Å²) in [5.74, 6) is 0.299. The van der Waals surface area contributed by atoms with E-state index >= 15 is 0 Å². The summed E-state index contributed by atoms with van der Waals surface area (Å²) in [6, 6.07) is -0.153. The quantitative estimate of drug-likeness (QED) is 0.483. The van der Waals surface area contributed by atoms with E-state index in [1.165, 1.54) is 5.41 Å². The standard InChI is InChI=1S/C4H8N2OS/c5-4-1-2-8(6,7)3-4/h1-2,4,6H,3,5H2/t4-,8?/m1/s1. The van der Waals surface area contributed by atoms with Gasteiger partial charge in [0.1, 0.15) is 0 Å². The van der Waals surface area contributed by atoms with Gasteiger partial charge in [-0.3, -0.25) is 0 Å². The summed E-state index contributed by atoms with van der Waals surface area (Å²) < 4.78 is 17.7. The molecule has 1 unspecified atom stereocenters. The van der Waals surface area contributed by atoms with Gasteiger partial charge in [0.25, 0.3) is 0 Å². The molecule has 0 aromatic heterocycles. The molecule has 1 aliphatic heterocycles. The van der Waals surface area contributed by atoms with E-state index in [0.29, 0.717) is 5.75 Å². The average molecular weight is 132 g/mol. The Morgan fingerprint density at radius 3 is 2.62 bits per heavy atom. The Morgan fingerprint density at radius 1 is 1.88 bits per heavy atom. The number of hydrogen-bond donors (Lipinski definition) is 2. The highest BCUT2D eigenvalue weighted by molar-refractivity contribution is 7.95. The molecule has 1 aliphatic rings. The van der Waals surface area contributed by atoms with Gasteiger partial charge in [-0.15, -0.1) is 0 Å². The van der Waals surface area contributed by atoms with Gasteiger partial charge >= 0.3 is 0 Å². The zero-order chi connectivity index (χ0) is 6.20. The Balaban J connectivity index is 2.89. The largest absolute Gasteiger partial charge is 0.324 e. The van der Waals surface area contributed by atoms with Crippen molar-refractivity contribution in [3.63, 3.8) is 0 Å². The number of hydrogen-bond acceptors (Lipinski definition) is 3. The van der Waals surface area contributed by atoms with E-state index in [1.54, 1.807) is 6.08 Å². The molecule has 0 aromatic rings. The molecule has 0 spiro atoms. The number of nitrogens with one attached hydrogen (secondary N) is 1. The SMILES string of the molecule is N=S1(=O)C=C[C@@H](N)C1. The lowest BCUT2D eigenvalue weighted by Gasteiger charge is -1.94. The van der Waals surface area contributed by atoms with Crippen molar-refractivity contribution in [1.29, 1.82) is 4.78 Å². The third kappa shape index (κ3) is 1.08. The highest BCUT2D eigenvalue weighted by Gasteiger charge is 2.13. The molecule has 46 valence electrons. The van der Waals surface area contributed by atoms with Crippen molar-refractivity contribution in [2.75, 3.05) is 5.75 Å². The fraction of sp³-hybridized carbons (Fsp3) is 0.500. The van der Waals surface area contributed by atoms with E-state index in [4.69, 9.17) is 10.5 Å². The lowest BCUT2D eigenvalue weighted by atomic mass is 10.4. The maximum atomic E-state index is 10.7. The Kier molecular flexibility index (Phi) is 1.13. The van der Waals surface area contributed by atoms with Crippen LogP contribution in [-0.2, 0) is 9.73 Å². The second-order valence-electron chi connectivity index (χ2n) is 1.89. The topological polar surface area (TPSA) is 66.9 Å². The molecule has 0 saturated heterocycles. The molecule has 0 saturated carbocycles. The van der Waals surface area contributed by atoms with E-state index in [1.807, 2.05) is 0 Å². The average Bonchev–Trinajstić information content (AvgIpc) is 1.82. The van der Waals surface area contributed by atoms with Crippen molar-refractivity contribution in [3.8, 4) is 0 Å². The summed E-state index contributed by atoms with van der Waals surface area (Å²) in [4.78, 5) is 0. The van der Waals surface area contributed by atoms with Gasteiger partial charge in [0.15, 0.2) is 0 Å². The fourth-order valence-electron chi connectivity index (χ4n) is 0.625. The maximum Gasteiger partial charge on any atom is 0.0673 e. The van der Waals surface area contributed by atoms with Crippen LogP contribution in [0, 0.1) is 4.78 Å². The molecule has 8 heavy (non-hydrogen) atoms. The monoisotopic (exact) mass is 132 g/mol. The molecule has 0 aliphatic carbocycles. The molecule has 2 atom stereocenters. The first-order chi connectivity index (χ1) is 3.60. The third-order valence-corrected chi connectivity index (χ3v) is 2.46. The van der Waals surface area contributed by atoms with Gasteiger partial charge in [-0.05, 0) is 0 Å². The van der Waals surface area contributed by atoms with E-state index in [9.17, 15) is 4.21 Å². The molecule has 1 rings (SSSR count). The van der Waals surface area contributed by atoms with Gasteiger partial charge in [0.2, 0.25) is 0 Å². The van der Waals surface area contributed by atoms with E-state index in [-0.39, 0.29) is 6.04 Å². The minimum atomic E-state index is -2.40. The first kappa shape index (κ1) is 5.78. The molecule has 0 bridgehead atoms. The zero-order valence-electron chi connectivity index (χ0n) is 4.33. The second kappa shape index (κ2) is 1.56. The predicted octanol–water partition coefficient (Wildman–Crippen LogP) is -0.112. The zero-order valence-corrected chi connectivity index (χ0v) is 5.15. The molecule has 3 nitrogen and oxygen atoms in total. The van der Waals surface area contributed by atoms with Crippen LogP contribution in [0.15, 0.2) is 11.5 Å². The van der Waals surface area contributed by atoms with Crippen LogP contribution in [0.1, 0.15) is 0 Å². The minimum absolute atomic E-state index is 0.153. The van der Waals surface area contributed by atoms with Crippen molar-refractivity contribution in [1.82, 2.24) is 0 Å². The molecule has 0 aromatic carbocycles. The van der Waals surface area contributed by atoms with Gasteiger partial charge in [-0.1, -0.05) is 6.08 Å². The van der Waals surface area contributed by atoms with E-state index < -0.39 is 9.73 Å². The summed E-state index contributed by atoms with van der Waals surface area (Å²) in [7, 11) is -2.40. The molecule has 0 fully saturated rings. The van der Waals surface area contributed by atoms with Crippen LogP contribution in [0.25, 0.3) is 0 Å². The Bertz CT molecular complexity index is 204. The predicted molar refractivity (Wildman–Crippen MR) is 32.8 cm³/mol. The maximum absolute atomic E-state index is 10.7. The summed E-state index contributed by atoms with van der Waals surface area (Å²) >= 11 is 0. The van der Waals surface area contributed by atoms with Gasteiger partial charge in [0, 0.05) is 11.4 Å². The molecule has 4 heteroatoms. The third-order valence-electron chi connectivity index (χ3n) is 0.986. The summed E-state index contributed by atoms with van der Waals surface area (Å²) in [6.07, 6.45) is 1.62. The number of rotatable bonds is 0. The van der Waals surface area contributed by atoms with Crippen molar-refractivity contribution in [3.05, 3.63) is 11.5 Å². The smallest absolute Gasteiger partial charge is 0.0673 e. The lowest BCUT2D eigenvalue weighted by molar-refractivity contribution is 0.680. The Hall–Kier alpha value is -0.350. The van der Waals surface area contributed by atoms with Crippen molar-refractivity contribution in [2.24, 2.45) is 5.73 Å². The van der Waals surface area contributed by atoms with Crippen LogP contribution < -0.4 is 5.73 Å². The van der Waals surface area contributed by atoms with Crippen LogP contribution in [0.4, 0.5) is 0 Å².